The van der Waals surface area contributed by atoms with Crippen LogP contribution < -0.4 is 15.2 Å². The second kappa shape index (κ2) is 6.00. The third kappa shape index (κ3) is 2.75. The third-order valence-electron chi connectivity index (χ3n) is 4.14. The number of hydrogen-bond acceptors (Lipinski definition) is 3. The fourth-order valence-corrected chi connectivity index (χ4v) is 3.08. The number of hydrogen-bond donors (Lipinski definition) is 1. The minimum Gasteiger partial charge on any atom is -0.493 e. The van der Waals surface area contributed by atoms with Crippen LogP contribution in [0.15, 0.2) is 12.1 Å². The lowest BCUT2D eigenvalue weighted by molar-refractivity contribution is 0.228. The minimum atomic E-state index is -0.245. The van der Waals surface area contributed by atoms with E-state index in [1.807, 2.05) is 13.8 Å². The molecule has 0 amide bonds. The summed E-state index contributed by atoms with van der Waals surface area (Å²) in [5, 5.41) is 0. The Kier molecular flexibility index (Phi) is 4.53. The summed E-state index contributed by atoms with van der Waals surface area (Å²) in [5.74, 6) is 0.786. The quantitative estimate of drug-likeness (QED) is 0.899. The molecule has 0 aromatic heterocycles. The average molecular weight is 281 g/mol. The van der Waals surface area contributed by atoms with Crippen LogP contribution in [-0.4, -0.2) is 19.8 Å². The highest BCUT2D eigenvalue weighted by atomic mass is 19.1. The molecule has 1 fully saturated rings. The molecule has 4 heteroatoms. The fraction of sp³-hybridized carbons (Fsp3) is 0.625. The molecule has 0 heterocycles. The monoisotopic (exact) mass is 281 g/mol. The summed E-state index contributed by atoms with van der Waals surface area (Å²) in [4.78, 5) is 0. The van der Waals surface area contributed by atoms with Crippen LogP contribution in [0.4, 0.5) is 4.39 Å². The molecule has 1 aliphatic carbocycles. The second-order valence-electron chi connectivity index (χ2n) is 5.84. The van der Waals surface area contributed by atoms with Crippen molar-refractivity contribution in [3.05, 3.63) is 23.5 Å². The Labute approximate surface area is 120 Å². The van der Waals surface area contributed by atoms with Crippen molar-refractivity contribution in [3.63, 3.8) is 0 Å². The van der Waals surface area contributed by atoms with Gasteiger partial charge < -0.3 is 15.2 Å². The molecular weight excluding hydrogens is 257 g/mol. The molecule has 0 saturated heterocycles. The zero-order valence-corrected chi connectivity index (χ0v) is 12.5. The first-order chi connectivity index (χ1) is 9.52. The summed E-state index contributed by atoms with van der Waals surface area (Å²) >= 11 is 0. The number of benzene rings is 1. The minimum absolute atomic E-state index is 0.0135. The van der Waals surface area contributed by atoms with E-state index in [1.54, 1.807) is 6.07 Å². The summed E-state index contributed by atoms with van der Waals surface area (Å²) in [6, 6.07) is 3.20. The van der Waals surface area contributed by atoms with Crippen LogP contribution in [0.25, 0.3) is 0 Å². The number of rotatable bonds is 5. The van der Waals surface area contributed by atoms with Crippen LogP contribution in [0.1, 0.15) is 45.1 Å². The molecule has 0 radical (unpaired) electrons. The zero-order valence-electron chi connectivity index (χ0n) is 12.5. The highest BCUT2D eigenvalue weighted by molar-refractivity contribution is 5.46. The maximum atomic E-state index is 14.4. The molecule has 112 valence electrons. The van der Waals surface area contributed by atoms with Gasteiger partial charge in [-0.15, -0.1) is 0 Å². The van der Waals surface area contributed by atoms with E-state index in [4.69, 9.17) is 15.2 Å². The summed E-state index contributed by atoms with van der Waals surface area (Å²) < 4.78 is 25.4. The Hall–Kier alpha value is -1.29. The molecule has 1 aromatic rings. The smallest absolute Gasteiger partial charge is 0.163 e. The summed E-state index contributed by atoms with van der Waals surface area (Å²) in [5.41, 5.74) is 6.38. The molecule has 1 saturated carbocycles. The topological polar surface area (TPSA) is 44.5 Å². The van der Waals surface area contributed by atoms with E-state index in [0.717, 1.165) is 25.7 Å². The molecule has 0 unspecified atom stereocenters. The van der Waals surface area contributed by atoms with Gasteiger partial charge in [0.1, 0.15) is 5.82 Å². The van der Waals surface area contributed by atoms with E-state index in [9.17, 15) is 4.39 Å². The molecule has 0 spiro atoms. The summed E-state index contributed by atoms with van der Waals surface area (Å²) in [6.07, 6.45) is 4.09. The standard InChI is InChI=1S/C16H24FNO2/c1-11(2)20-15-8-12(13(17)9-14(15)19-3)16(10-18)6-4-5-7-16/h8-9,11H,4-7,10,18H2,1-3H3. The van der Waals surface area contributed by atoms with Gasteiger partial charge in [0.05, 0.1) is 13.2 Å². The maximum Gasteiger partial charge on any atom is 0.163 e. The molecule has 1 aliphatic rings. The SMILES string of the molecule is COc1cc(F)c(C2(CN)CCCC2)cc1OC(C)C. The van der Waals surface area contributed by atoms with Crippen molar-refractivity contribution in [3.8, 4) is 11.5 Å². The van der Waals surface area contributed by atoms with E-state index in [0.29, 0.717) is 23.6 Å². The van der Waals surface area contributed by atoms with Crippen molar-refractivity contribution in [1.82, 2.24) is 0 Å². The van der Waals surface area contributed by atoms with Gasteiger partial charge in [0.2, 0.25) is 0 Å². The van der Waals surface area contributed by atoms with Crippen molar-refractivity contribution < 1.29 is 13.9 Å². The normalized spacial score (nSPS) is 17.5. The van der Waals surface area contributed by atoms with Crippen LogP contribution in [0.3, 0.4) is 0 Å². The molecule has 0 atom stereocenters. The Morgan fingerprint density at radius 1 is 1.25 bits per heavy atom. The Morgan fingerprint density at radius 2 is 1.90 bits per heavy atom. The lowest BCUT2D eigenvalue weighted by atomic mass is 9.78. The van der Waals surface area contributed by atoms with Gasteiger partial charge in [-0.25, -0.2) is 4.39 Å². The fourth-order valence-electron chi connectivity index (χ4n) is 3.08. The highest BCUT2D eigenvalue weighted by Gasteiger charge is 2.37. The van der Waals surface area contributed by atoms with Gasteiger partial charge in [0.15, 0.2) is 11.5 Å². The predicted octanol–water partition coefficient (Wildman–Crippen LogP) is 3.39. The number of ether oxygens (including phenoxy) is 2. The van der Waals surface area contributed by atoms with Crippen molar-refractivity contribution in [2.75, 3.05) is 13.7 Å². The van der Waals surface area contributed by atoms with Gasteiger partial charge in [-0.2, -0.15) is 0 Å². The Bertz CT molecular complexity index is 468. The first-order valence-electron chi connectivity index (χ1n) is 7.27. The van der Waals surface area contributed by atoms with Gasteiger partial charge in [-0.3, -0.25) is 0 Å². The Morgan fingerprint density at radius 3 is 2.40 bits per heavy atom. The lowest BCUT2D eigenvalue weighted by Crippen LogP contribution is -2.33. The van der Waals surface area contributed by atoms with Crippen LogP contribution in [0.2, 0.25) is 0 Å². The van der Waals surface area contributed by atoms with Crippen LogP contribution in [0.5, 0.6) is 11.5 Å². The largest absolute Gasteiger partial charge is 0.493 e. The average Bonchev–Trinajstić information content (AvgIpc) is 2.89. The van der Waals surface area contributed by atoms with Crippen LogP contribution in [-0.2, 0) is 5.41 Å². The van der Waals surface area contributed by atoms with E-state index in [1.165, 1.54) is 13.2 Å². The molecule has 2 N–H and O–H groups in total. The molecule has 20 heavy (non-hydrogen) atoms. The van der Waals surface area contributed by atoms with E-state index < -0.39 is 0 Å². The predicted molar refractivity (Wildman–Crippen MR) is 77.9 cm³/mol. The van der Waals surface area contributed by atoms with Crippen molar-refractivity contribution in [1.29, 1.82) is 0 Å². The van der Waals surface area contributed by atoms with E-state index in [-0.39, 0.29) is 17.3 Å². The molecule has 0 bridgehead atoms. The van der Waals surface area contributed by atoms with Gasteiger partial charge in [0, 0.05) is 18.0 Å². The summed E-state index contributed by atoms with van der Waals surface area (Å²) in [7, 11) is 1.52. The molecule has 0 aliphatic heterocycles. The van der Waals surface area contributed by atoms with Gasteiger partial charge in [0.25, 0.3) is 0 Å². The second-order valence-corrected chi connectivity index (χ2v) is 5.84. The maximum absolute atomic E-state index is 14.4. The summed E-state index contributed by atoms with van der Waals surface area (Å²) in [6.45, 7) is 4.35. The van der Waals surface area contributed by atoms with Crippen molar-refractivity contribution >= 4 is 0 Å². The van der Waals surface area contributed by atoms with Crippen LogP contribution >= 0.6 is 0 Å². The third-order valence-corrected chi connectivity index (χ3v) is 4.14. The van der Waals surface area contributed by atoms with Crippen LogP contribution in [0, 0.1) is 5.82 Å². The van der Waals surface area contributed by atoms with E-state index in [2.05, 4.69) is 0 Å². The molecule has 3 nitrogen and oxygen atoms in total. The number of nitrogens with two attached hydrogens (primary N) is 1. The zero-order chi connectivity index (χ0) is 14.8. The van der Waals surface area contributed by atoms with Gasteiger partial charge in [-0.1, -0.05) is 12.8 Å². The molecular formula is C16H24FNO2. The number of halogens is 1. The highest BCUT2D eigenvalue weighted by Crippen LogP contribution is 2.44. The number of methoxy groups -OCH3 is 1. The molecule has 1 aromatic carbocycles. The lowest BCUT2D eigenvalue weighted by Gasteiger charge is -2.29. The molecule has 2 rings (SSSR count). The van der Waals surface area contributed by atoms with Crippen molar-refractivity contribution in [2.24, 2.45) is 5.73 Å². The first kappa shape index (κ1) is 15.1. The first-order valence-corrected chi connectivity index (χ1v) is 7.27. The van der Waals surface area contributed by atoms with Crippen molar-refractivity contribution in [2.45, 2.75) is 51.0 Å². The van der Waals surface area contributed by atoms with E-state index >= 15 is 0 Å². The van der Waals surface area contributed by atoms with Gasteiger partial charge in [-0.05, 0) is 38.3 Å². The Balaban J connectivity index is 2.47. The van der Waals surface area contributed by atoms with Gasteiger partial charge >= 0.3 is 0 Å².